The molecule has 0 fully saturated rings. The second-order valence-electron chi connectivity index (χ2n) is 3.35. The molecule has 0 aliphatic rings. The van der Waals surface area contributed by atoms with Gasteiger partial charge in [-0.1, -0.05) is 0 Å². The molecule has 0 aliphatic heterocycles. The summed E-state index contributed by atoms with van der Waals surface area (Å²) in [4.78, 5) is 1.82. The molecule has 98 valence electrons. The van der Waals surface area contributed by atoms with Gasteiger partial charge in [-0.15, -0.1) is 0 Å². The van der Waals surface area contributed by atoms with Crippen molar-refractivity contribution in [1.82, 2.24) is 0 Å². The Kier molecular flexibility index (Phi) is 8.79. The SMILES string of the molecule is CCC(=S)[O][Sn]([CH3])([O]C(=S)CC)[O]C(=S)CC. The van der Waals surface area contributed by atoms with Crippen LogP contribution in [0.3, 0.4) is 0 Å². The van der Waals surface area contributed by atoms with Gasteiger partial charge in [0.25, 0.3) is 0 Å². The predicted molar refractivity (Wildman–Crippen MR) is 83.5 cm³/mol. The molecular weight excluding hydrogens is 383 g/mol. The third-order valence-corrected chi connectivity index (χ3v) is 9.43. The normalized spacial score (nSPS) is 10.6. The zero-order chi connectivity index (χ0) is 13.5. The second kappa shape index (κ2) is 8.55. The Morgan fingerprint density at radius 3 is 1.18 bits per heavy atom. The standard InChI is InChI=1S/3C3H6OS.CH3.Sn/c3*1-2-3(4)5;;/h3*2H2,1H3,(H,4,5);1H3;/q;;;;+3/p-3. The second-order valence-corrected chi connectivity index (χ2v) is 11.4. The summed E-state index contributed by atoms with van der Waals surface area (Å²) in [6.07, 6.45) is 1.94. The van der Waals surface area contributed by atoms with Gasteiger partial charge in [-0.2, -0.15) is 0 Å². The van der Waals surface area contributed by atoms with E-state index in [9.17, 15) is 0 Å². The van der Waals surface area contributed by atoms with Gasteiger partial charge in [0.05, 0.1) is 0 Å². The van der Waals surface area contributed by atoms with Gasteiger partial charge in [0.15, 0.2) is 0 Å². The van der Waals surface area contributed by atoms with Crippen molar-refractivity contribution in [2.24, 2.45) is 0 Å². The molecule has 0 bridgehead atoms. The van der Waals surface area contributed by atoms with E-state index in [0.717, 1.165) is 0 Å². The molecule has 0 aliphatic carbocycles. The van der Waals surface area contributed by atoms with Gasteiger partial charge in [-0.25, -0.2) is 0 Å². The van der Waals surface area contributed by atoms with E-state index in [1.54, 1.807) is 0 Å². The topological polar surface area (TPSA) is 27.7 Å². The Bertz CT molecular complexity index is 262. The Morgan fingerprint density at radius 1 is 0.765 bits per heavy atom. The van der Waals surface area contributed by atoms with E-state index in [1.807, 2.05) is 25.7 Å². The van der Waals surface area contributed by atoms with E-state index in [2.05, 4.69) is 0 Å². The summed E-state index contributed by atoms with van der Waals surface area (Å²) in [5.74, 6) is 0. The number of rotatable bonds is 6. The summed E-state index contributed by atoms with van der Waals surface area (Å²) in [6.45, 7) is 5.76. The number of thiocarbonyl (C=S) groups is 3. The summed E-state index contributed by atoms with van der Waals surface area (Å²) in [7, 11) is 0. The van der Waals surface area contributed by atoms with Crippen LogP contribution in [-0.2, 0) is 9.22 Å². The third kappa shape index (κ3) is 7.48. The number of hydrogen-bond acceptors (Lipinski definition) is 6. The molecule has 0 aromatic carbocycles. The molecule has 0 unspecified atom stereocenters. The molecule has 0 rings (SSSR count). The fourth-order valence-corrected chi connectivity index (χ4v) is 9.08. The molecule has 17 heavy (non-hydrogen) atoms. The summed E-state index contributed by atoms with van der Waals surface area (Å²) in [5, 5.41) is 1.46. The van der Waals surface area contributed by atoms with Crippen LogP contribution in [-0.4, -0.2) is 34.8 Å². The minimum absolute atomic E-state index is 0.487. The summed E-state index contributed by atoms with van der Waals surface area (Å²) in [5.41, 5.74) is 0. The first-order valence-corrected chi connectivity index (χ1v) is 13.1. The van der Waals surface area contributed by atoms with Crippen molar-refractivity contribution in [3.63, 3.8) is 0 Å². The van der Waals surface area contributed by atoms with Crippen LogP contribution < -0.4 is 0 Å². The molecule has 0 amide bonds. The van der Waals surface area contributed by atoms with Crippen LogP contribution in [0, 0.1) is 0 Å². The Labute approximate surface area is 125 Å². The van der Waals surface area contributed by atoms with E-state index >= 15 is 0 Å². The average Bonchev–Trinajstić information content (AvgIpc) is 2.27. The molecule has 0 atom stereocenters. The monoisotopic (exact) mass is 402 g/mol. The molecule has 0 aromatic rings. The summed E-state index contributed by atoms with van der Waals surface area (Å²) >= 11 is 11.5. The van der Waals surface area contributed by atoms with Crippen molar-refractivity contribution in [3.8, 4) is 0 Å². The molecule has 0 spiro atoms. The maximum atomic E-state index is 5.65. The van der Waals surface area contributed by atoms with Gasteiger partial charge in [0.2, 0.25) is 0 Å². The van der Waals surface area contributed by atoms with Gasteiger partial charge in [0.1, 0.15) is 0 Å². The van der Waals surface area contributed by atoms with Crippen LogP contribution in [0.4, 0.5) is 0 Å². The quantitative estimate of drug-likeness (QED) is 0.497. The molecule has 0 radical (unpaired) electrons. The van der Waals surface area contributed by atoms with Crippen LogP contribution in [0.2, 0.25) is 4.94 Å². The molecule has 0 saturated carbocycles. The van der Waals surface area contributed by atoms with Crippen molar-refractivity contribution in [2.45, 2.75) is 45.0 Å². The van der Waals surface area contributed by atoms with Crippen LogP contribution in [0.15, 0.2) is 0 Å². The van der Waals surface area contributed by atoms with Crippen LogP contribution in [0.25, 0.3) is 0 Å². The van der Waals surface area contributed by atoms with Gasteiger partial charge in [-0.3, -0.25) is 0 Å². The zero-order valence-corrected chi connectivity index (χ0v) is 15.9. The van der Waals surface area contributed by atoms with Crippen molar-refractivity contribution >= 4 is 71.4 Å². The first kappa shape index (κ1) is 17.5. The van der Waals surface area contributed by atoms with Gasteiger partial charge < -0.3 is 0 Å². The molecule has 0 heterocycles. The van der Waals surface area contributed by atoms with Crippen LogP contribution >= 0.6 is 36.7 Å². The van der Waals surface area contributed by atoms with Crippen molar-refractivity contribution in [2.75, 3.05) is 0 Å². The average molecular weight is 401 g/mol. The zero-order valence-electron chi connectivity index (χ0n) is 10.6. The fraction of sp³-hybridized carbons (Fsp3) is 0.700. The Morgan fingerprint density at radius 2 is 1.00 bits per heavy atom. The van der Waals surface area contributed by atoms with Crippen LogP contribution in [0.5, 0.6) is 0 Å². The van der Waals surface area contributed by atoms with Crippen molar-refractivity contribution < 1.29 is 9.22 Å². The van der Waals surface area contributed by atoms with E-state index < -0.39 is 19.6 Å². The third-order valence-electron chi connectivity index (χ3n) is 1.76. The van der Waals surface area contributed by atoms with E-state index in [0.29, 0.717) is 34.4 Å². The molecule has 3 nitrogen and oxygen atoms in total. The van der Waals surface area contributed by atoms with Gasteiger partial charge >= 0.3 is 126 Å². The summed E-state index contributed by atoms with van der Waals surface area (Å²) < 4.78 is 17.0. The summed E-state index contributed by atoms with van der Waals surface area (Å²) in [6, 6.07) is 0. The van der Waals surface area contributed by atoms with E-state index in [-0.39, 0.29) is 0 Å². The Balaban J connectivity index is 4.72. The van der Waals surface area contributed by atoms with E-state index in [4.69, 9.17) is 45.9 Å². The molecule has 0 aromatic heterocycles. The first-order chi connectivity index (χ1) is 7.86. The van der Waals surface area contributed by atoms with Crippen LogP contribution in [0.1, 0.15) is 40.0 Å². The molecule has 0 saturated heterocycles. The fourth-order valence-electron chi connectivity index (χ4n) is 0.899. The first-order valence-electron chi connectivity index (χ1n) is 5.52. The molecular formula is C10H18O3S3Sn. The van der Waals surface area contributed by atoms with E-state index in [1.165, 1.54) is 0 Å². The number of hydrogen-bond donors (Lipinski definition) is 0. The molecule has 0 N–H and O–H groups in total. The molecule has 7 heteroatoms. The predicted octanol–water partition coefficient (Wildman–Crippen LogP) is 3.82. The minimum atomic E-state index is -3.73. The Hall–Kier alpha value is 0.469. The van der Waals surface area contributed by atoms with Gasteiger partial charge in [-0.05, 0) is 0 Å². The maximum absolute atomic E-state index is 5.65. The van der Waals surface area contributed by atoms with Crippen molar-refractivity contribution in [1.29, 1.82) is 0 Å². The van der Waals surface area contributed by atoms with Crippen molar-refractivity contribution in [3.05, 3.63) is 0 Å². The van der Waals surface area contributed by atoms with Gasteiger partial charge in [0, 0.05) is 0 Å².